The van der Waals surface area contributed by atoms with E-state index in [2.05, 4.69) is 13.8 Å². The Morgan fingerprint density at radius 1 is 0.585 bits per heavy atom. The van der Waals surface area contributed by atoms with Gasteiger partial charge in [-0.1, -0.05) is 126 Å². The zero-order valence-corrected chi connectivity index (χ0v) is 34.5. The topological polar surface area (TPSA) is 173 Å². The second-order valence-electron chi connectivity index (χ2n) is 12.6. The van der Waals surface area contributed by atoms with Gasteiger partial charge in [-0.15, -0.1) is 0 Å². The van der Waals surface area contributed by atoms with Crippen LogP contribution in [-0.4, -0.2) is 68.8 Å². The maximum atomic E-state index is 12.5. The Hall–Kier alpha value is -2.84. The molecule has 0 heterocycles. The van der Waals surface area contributed by atoms with Crippen molar-refractivity contribution >= 4 is 58.0 Å². The quantitative estimate of drug-likeness (QED) is 0.0499. The van der Waals surface area contributed by atoms with E-state index < -0.39 is 20.2 Å². The van der Waals surface area contributed by atoms with E-state index in [0.717, 1.165) is 43.7 Å². The van der Waals surface area contributed by atoms with Crippen molar-refractivity contribution < 1.29 is 45.6 Å². The van der Waals surface area contributed by atoms with Crippen molar-refractivity contribution in [2.24, 2.45) is 0 Å². The first-order valence-electron chi connectivity index (χ1n) is 17.9. The number of phenols is 1. The van der Waals surface area contributed by atoms with E-state index in [4.69, 9.17) is 14.0 Å². The second-order valence-corrected chi connectivity index (χ2v) is 15.4. The molecule has 2 N–H and O–H groups in total. The Bertz CT molecular complexity index is 1780. The maximum Gasteiger partial charge on any atom is 2.00 e. The van der Waals surface area contributed by atoms with Crippen LogP contribution in [-0.2, 0) is 33.1 Å². The number of unbranched alkanes of at least 4 members (excludes halogenated alkanes) is 10. The molecule has 0 spiro atoms. The summed E-state index contributed by atoms with van der Waals surface area (Å²) >= 11 is 0. The molecule has 0 aliphatic heterocycles. The van der Waals surface area contributed by atoms with Gasteiger partial charge >= 0.3 is 37.7 Å². The van der Waals surface area contributed by atoms with E-state index in [1.54, 1.807) is 36.4 Å². The van der Waals surface area contributed by atoms with Crippen molar-refractivity contribution in [3.8, 4) is 34.5 Å². The van der Waals surface area contributed by atoms with E-state index in [9.17, 15) is 31.6 Å². The number of para-hydroxylation sites is 2. The summed E-state index contributed by atoms with van der Waals surface area (Å²) in [6.45, 7) is 4.37. The van der Waals surface area contributed by atoms with Crippen LogP contribution in [0.5, 0.6) is 34.5 Å². The van der Waals surface area contributed by atoms with Crippen molar-refractivity contribution in [3.05, 3.63) is 96.1 Å². The van der Waals surface area contributed by atoms with Crippen LogP contribution in [0.2, 0.25) is 0 Å². The predicted molar refractivity (Wildman–Crippen MR) is 205 cm³/mol. The standard InChI is InChI=1S/2C20H26O5S.Ca/c2*1-2-3-4-5-6-7-10-16-11-8-14-19(20(16)21)25-17-12-9-13-18(15-17)26(22,23)24;/h2*8-9,11-15,21H,2-7,10H2,1H3,(H,22,23,24);/q;;+2/p-2. The fourth-order valence-electron chi connectivity index (χ4n) is 5.53. The molecule has 13 heteroatoms. The zero-order chi connectivity index (χ0) is 38.0. The average molecular weight is 795 g/mol. The third kappa shape index (κ3) is 16.6. The minimum atomic E-state index is -4.57. The van der Waals surface area contributed by atoms with Gasteiger partial charge in [0.2, 0.25) is 0 Å². The third-order valence-electron chi connectivity index (χ3n) is 8.40. The molecule has 0 radical (unpaired) electrons. The van der Waals surface area contributed by atoms with Gasteiger partial charge in [-0.2, -0.15) is 8.42 Å². The Kier molecular flexibility index (Phi) is 20.8. The summed E-state index contributed by atoms with van der Waals surface area (Å²) in [6.07, 6.45) is 15.4. The molecular weight excluding hydrogens is 745 g/mol. The van der Waals surface area contributed by atoms with Crippen LogP contribution in [0.1, 0.15) is 102 Å². The minimum absolute atomic E-state index is 0. The van der Waals surface area contributed by atoms with Crippen molar-refractivity contribution in [1.29, 1.82) is 0 Å². The van der Waals surface area contributed by atoms with Crippen LogP contribution in [0.4, 0.5) is 0 Å². The molecule has 0 bridgehead atoms. The molecule has 53 heavy (non-hydrogen) atoms. The summed E-state index contributed by atoms with van der Waals surface area (Å²) in [6, 6.07) is 21.1. The summed E-state index contributed by atoms with van der Waals surface area (Å²) in [5, 5.41) is 22.9. The molecule has 0 unspecified atom stereocenters. The molecule has 284 valence electrons. The van der Waals surface area contributed by atoms with Gasteiger partial charge in [0.05, 0.1) is 9.79 Å². The predicted octanol–water partition coefficient (Wildman–Crippen LogP) is 9.31. The van der Waals surface area contributed by atoms with Crippen molar-refractivity contribution in [1.82, 2.24) is 0 Å². The molecule has 0 saturated carbocycles. The van der Waals surface area contributed by atoms with Gasteiger partial charge in [-0.3, -0.25) is 4.55 Å². The Balaban J connectivity index is 0.000000360. The van der Waals surface area contributed by atoms with Crippen molar-refractivity contribution in [3.63, 3.8) is 0 Å². The molecular formula is C40H50CaO10S2. The van der Waals surface area contributed by atoms with Crippen LogP contribution < -0.4 is 14.6 Å². The van der Waals surface area contributed by atoms with E-state index >= 15 is 0 Å². The minimum Gasteiger partial charge on any atom is -0.870 e. The Labute approximate surface area is 345 Å². The molecule has 0 atom stereocenters. The number of benzene rings is 4. The molecule has 0 aliphatic carbocycles. The maximum absolute atomic E-state index is 12.5. The SMILES string of the molecule is CCCCCCCCc1cccc(Oc2cccc(S(=O)(=O)O)c2)c1O.CCCCCCCCc1cccc(Oc2cccc(S(=O)(=O)[O-])c2)c1[O-].[Ca+2]. The zero-order valence-electron chi connectivity index (χ0n) is 30.7. The monoisotopic (exact) mass is 794 g/mol. The first kappa shape index (κ1) is 46.3. The van der Waals surface area contributed by atoms with Crippen LogP contribution in [0.3, 0.4) is 0 Å². The van der Waals surface area contributed by atoms with Crippen LogP contribution in [0, 0.1) is 0 Å². The average Bonchev–Trinajstić information content (AvgIpc) is 3.10. The molecule has 10 nitrogen and oxygen atoms in total. The largest absolute Gasteiger partial charge is 2.00 e. The fraction of sp³-hybridized carbons (Fsp3) is 0.400. The normalized spacial score (nSPS) is 11.2. The summed E-state index contributed by atoms with van der Waals surface area (Å²) in [5.41, 5.74) is 1.49. The number of rotatable bonds is 20. The molecule has 0 aliphatic rings. The van der Waals surface area contributed by atoms with Gasteiger partial charge in [0.15, 0.2) is 11.5 Å². The molecule has 4 aromatic rings. The van der Waals surface area contributed by atoms with Gasteiger partial charge in [0, 0.05) is 6.07 Å². The van der Waals surface area contributed by atoms with Crippen LogP contribution >= 0.6 is 0 Å². The number of hydrogen-bond donors (Lipinski definition) is 2. The van der Waals surface area contributed by atoms with E-state index in [-0.39, 0.29) is 82.0 Å². The Morgan fingerprint density at radius 2 is 1.02 bits per heavy atom. The van der Waals surface area contributed by atoms with Crippen LogP contribution in [0.25, 0.3) is 0 Å². The molecule has 0 fully saturated rings. The summed E-state index contributed by atoms with van der Waals surface area (Å²) in [5.74, 6) is 0.646. The van der Waals surface area contributed by atoms with E-state index in [1.165, 1.54) is 87.8 Å². The summed E-state index contributed by atoms with van der Waals surface area (Å²) in [4.78, 5) is -0.636. The molecule has 4 aromatic carbocycles. The second kappa shape index (κ2) is 23.8. The van der Waals surface area contributed by atoms with Gasteiger partial charge < -0.3 is 24.2 Å². The van der Waals surface area contributed by atoms with E-state index in [1.807, 2.05) is 6.07 Å². The van der Waals surface area contributed by atoms with E-state index in [0.29, 0.717) is 12.0 Å². The van der Waals surface area contributed by atoms with Gasteiger partial charge in [-0.05, 0) is 73.7 Å². The summed E-state index contributed by atoms with van der Waals surface area (Å²) in [7, 11) is -8.87. The molecule has 0 amide bonds. The number of ether oxygens (including phenoxy) is 2. The van der Waals surface area contributed by atoms with Crippen molar-refractivity contribution in [2.45, 2.75) is 114 Å². The summed E-state index contributed by atoms with van der Waals surface area (Å²) < 4.78 is 76.0. The molecule has 0 aromatic heterocycles. The smallest absolute Gasteiger partial charge is 0.870 e. The number of aromatic hydroxyl groups is 1. The third-order valence-corrected chi connectivity index (χ3v) is 10.1. The first-order valence-corrected chi connectivity index (χ1v) is 20.8. The van der Waals surface area contributed by atoms with Crippen molar-refractivity contribution in [2.75, 3.05) is 0 Å². The van der Waals surface area contributed by atoms with Gasteiger partial charge in [0.1, 0.15) is 27.4 Å². The van der Waals surface area contributed by atoms with Gasteiger partial charge in [0.25, 0.3) is 10.1 Å². The first-order chi connectivity index (χ1) is 24.8. The Morgan fingerprint density at radius 3 is 1.57 bits per heavy atom. The van der Waals surface area contributed by atoms with Gasteiger partial charge in [-0.25, -0.2) is 8.42 Å². The van der Waals surface area contributed by atoms with Crippen LogP contribution in [0.15, 0.2) is 94.7 Å². The number of hydrogen-bond acceptors (Lipinski definition) is 9. The number of aryl methyl sites for hydroxylation is 2. The molecule has 4 rings (SSSR count). The molecule has 0 saturated heterocycles. The number of phenolic OH excluding ortho intramolecular Hbond substituents is 1. The fourth-order valence-corrected chi connectivity index (χ4v) is 6.55.